The number of nitrogens with zero attached hydrogens (tertiary/aromatic N) is 2. The molecule has 0 N–H and O–H groups in total. The number of thiophene rings is 1. The first-order valence-corrected chi connectivity index (χ1v) is 7.45. The summed E-state index contributed by atoms with van der Waals surface area (Å²) in [6, 6.07) is 7.15. The van der Waals surface area contributed by atoms with E-state index in [2.05, 4.69) is 40.4 Å². The fourth-order valence-corrected chi connectivity index (χ4v) is 3.77. The number of rotatable bonds is 3. The average molecular weight is 258 g/mol. The Bertz CT molecular complexity index is 506. The minimum atomic E-state index is 0.591. The van der Waals surface area contributed by atoms with Crippen LogP contribution >= 0.6 is 11.3 Å². The molecule has 0 aromatic carbocycles. The maximum Gasteiger partial charge on any atom is 0.0360 e. The van der Waals surface area contributed by atoms with Crippen LogP contribution in [0.2, 0.25) is 0 Å². The molecule has 0 aliphatic carbocycles. The van der Waals surface area contributed by atoms with E-state index in [0.717, 1.165) is 6.54 Å². The fraction of sp³-hybridized carbons (Fsp3) is 0.400. The summed E-state index contributed by atoms with van der Waals surface area (Å²) < 4.78 is 0. The maximum atomic E-state index is 4.09. The van der Waals surface area contributed by atoms with Gasteiger partial charge < -0.3 is 0 Å². The monoisotopic (exact) mass is 258 g/mol. The summed E-state index contributed by atoms with van der Waals surface area (Å²) in [6.45, 7) is 4.50. The third kappa shape index (κ3) is 2.20. The van der Waals surface area contributed by atoms with Crippen LogP contribution in [0, 0.1) is 0 Å². The highest BCUT2D eigenvalue weighted by atomic mass is 32.1. The molecule has 3 heteroatoms. The van der Waals surface area contributed by atoms with E-state index in [0.29, 0.717) is 6.04 Å². The van der Waals surface area contributed by atoms with Crippen molar-refractivity contribution >= 4 is 11.3 Å². The van der Waals surface area contributed by atoms with Gasteiger partial charge in [-0.05, 0) is 47.5 Å². The highest BCUT2D eigenvalue weighted by Gasteiger charge is 2.26. The number of aromatic nitrogens is 1. The Kier molecular flexibility index (Phi) is 3.43. The lowest BCUT2D eigenvalue weighted by Crippen LogP contribution is -2.33. The second-order valence-corrected chi connectivity index (χ2v) is 5.80. The van der Waals surface area contributed by atoms with Crippen LogP contribution in [0.3, 0.4) is 0 Å². The molecule has 0 radical (unpaired) electrons. The second-order valence-electron chi connectivity index (χ2n) is 4.80. The summed E-state index contributed by atoms with van der Waals surface area (Å²) in [5.74, 6) is 0. The fourth-order valence-electron chi connectivity index (χ4n) is 2.84. The molecule has 3 rings (SSSR count). The predicted molar refractivity (Wildman–Crippen MR) is 75.7 cm³/mol. The highest BCUT2D eigenvalue weighted by molar-refractivity contribution is 7.10. The normalized spacial score (nSPS) is 19.7. The zero-order valence-corrected chi connectivity index (χ0v) is 11.5. The van der Waals surface area contributed by atoms with Gasteiger partial charge in [-0.15, -0.1) is 11.3 Å². The largest absolute Gasteiger partial charge is 0.292 e. The van der Waals surface area contributed by atoms with E-state index in [4.69, 9.17) is 0 Å². The molecule has 0 spiro atoms. The molecule has 0 fully saturated rings. The Labute approximate surface area is 112 Å². The zero-order valence-electron chi connectivity index (χ0n) is 10.7. The van der Waals surface area contributed by atoms with E-state index in [1.807, 2.05) is 23.7 Å². The minimum absolute atomic E-state index is 0.591. The van der Waals surface area contributed by atoms with Crippen molar-refractivity contribution in [1.82, 2.24) is 9.88 Å². The number of pyridine rings is 1. The van der Waals surface area contributed by atoms with Crippen LogP contribution in [0.25, 0.3) is 0 Å². The van der Waals surface area contributed by atoms with E-state index < -0.39 is 0 Å². The van der Waals surface area contributed by atoms with Crippen LogP contribution in [0.4, 0.5) is 0 Å². The first kappa shape index (κ1) is 11.9. The quantitative estimate of drug-likeness (QED) is 0.835. The van der Waals surface area contributed by atoms with Crippen LogP contribution in [0.5, 0.6) is 0 Å². The summed E-state index contributed by atoms with van der Waals surface area (Å²) >= 11 is 1.92. The SMILES string of the molecule is CCC1c2ccsc2CCN1Cc1ccncc1. The van der Waals surface area contributed by atoms with Gasteiger partial charge in [0.2, 0.25) is 0 Å². The lowest BCUT2D eigenvalue weighted by atomic mass is 9.97. The van der Waals surface area contributed by atoms with Gasteiger partial charge in [0.15, 0.2) is 0 Å². The Morgan fingerprint density at radius 1 is 1.33 bits per heavy atom. The number of fused-ring (bicyclic) bond motifs is 1. The molecule has 94 valence electrons. The summed E-state index contributed by atoms with van der Waals surface area (Å²) in [7, 11) is 0. The van der Waals surface area contributed by atoms with Crippen molar-refractivity contribution in [3.05, 3.63) is 52.0 Å². The van der Waals surface area contributed by atoms with Crippen LogP contribution in [0.15, 0.2) is 36.0 Å². The Morgan fingerprint density at radius 3 is 2.94 bits per heavy atom. The van der Waals surface area contributed by atoms with Gasteiger partial charge in [-0.1, -0.05) is 6.92 Å². The first-order chi connectivity index (χ1) is 8.88. The van der Waals surface area contributed by atoms with Crippen LogP contribution in [0.1, 0.15) is 35.4 Å². The Balaban J connectivity index is 1.81. The molecule has 0 saturated heterocycles. The maximum absolute atomic E-state index is 4.09. The standard InChI is InChI=1S/C15H18N2S/c1-2-14-13-6-10-18-15(13)5-9-17(14)11-12-3-7-16-8-4-12/h3-4,6-8,10,14H,2,5,9,11H2,1H3. The van der Waals surface area contributed by atoms with Crippen LogP contribution in [-0.2, 0) is 13.0 Å². The molecule has 0 amide bonds. The lowest BCUT2D eigenvalue weighted by molar-refractivity contribution is 0.173. The number of hydrogen-bond acceptors (Lipinski definition) is 3. The topological polar surface area (TPSA) is 16.1 Å². The van der Waals surface area contributed by atoms with Gasteiger partial charge in [0.05, 0.1) is 0 Å². The van der Waals surface area contributed by atoms with E-state index in [9.17, 15) is 0 Å². The molecular weight excluding hydrogens is 240 g/mol. The van der Waals surface area contributed by atoms with Crippen molar-refractivity contribution in [3.8, 4) is 0 Å². The van der Waals surface area contributed by atoms with Crippen molar-refractivity contribution in [2.24, 2.45) is 0 Å². The van der Waals surface area contributed by atoms with Gasteiger partial charge in [0.25, 0.3) is 0 Å². The van der Waals surface area contributed by atoms with Gasteiger partial charge >= 0.3 is 0 Å². The summed E-state index contributed by atoms with van der Waals surface area (Å²) in [4.78, 5) is 8.28. The molecule has 3 heterocycles. The molecule has 1 aliphatic rings. The van der Waals surface area contributed by atoms with E-state index in [1.54, 1.807) is 10.4 Å². The third-order valence-corrected chi connectivity index (χ3v) is 4.72. The number of hydrogen-bond donors (Lipinski definition) is 0. The molecule has 0 saturated carbocycles. The third-order valence-electron chi connectivity index (χ3n) is 3.73. The van der Waals surface area contributed by atoms with Gasteiger partial charge in [0.1, 0.15) is 0 Å². The predicted octanol–water partition coefficient (Wildman–Crippen LogP) is 3.65. The van der Waals surface area contributed by atoms with Crippen molar-refractivity contribution < 1.29 is 0 Å². The highest BCUT2D eigenvalue weighted by Crippen LogP contribution is 2.35. The molecular formula is C15H18N2S. The van der Waals surface area contributed by atoms with Crippen molar-refractivity contribution in [3.63, 3.8) is 0 Å². The molecule has 2 aromatic heterocycles. The average Bonchev–Trinajstić information content (AvgIpc) is 2.88. The minimum Gasteiger partial charge on any atom is -0.292 e. The van der Waals surface area contributed by atoms with Crippen molar-refractivity contribution in [1.29, 1.82) is 0 Å². The lowest BCUT2D eigenvalue weighted by Gasteiger charge is -2.35. The first-order valence-electron chi connectivity index (χ1n) is 6.57. The Hall–Kier alpha value is -1.19. The smallest absolute Gasteiger partial charge is 0.0360 e. The Morgan fingerprint density at radius 2 is 2.17 bits per heavy atom. The second kappa shape index (κ2) is 5.21. The molecule has 1 aliphatic heterocycles. The van der Waals surface area contributed by atoms with Crippen LogP contribution in [-0.4, -0.2) is 16.4 Å². The van der Waals surface area contributed by atoms with Gasteiger partial charge in [-0.3, -0.25) is 9.88 Å². The van der Waals surface area contributed by atoms with Gasteiger partial charge in [-0.25, -0.2) is 0 Å². The van der Waals surface area contributed by atoms with Crippen molar-refractivity contribution in [2.45, 2.75) is 32.4 Å². The molecule has 2 aromatic rings. The summed E-state index contributed by atoms with van der Waals surface area (Å²) in [5, 5.41) is 2.24. The molecule has 2 nitrogen and oxygen atoms in total. The molecule has 18 heavy (non-hydrogen) atoms. The van der Waals surface area contributed by atoms with Crippen molar-refractivity contribution in [2.75, 3.05) is 6.54 Å². The molecule has 0 bridgehead atoms. The summed E-state index contributed by atoms with van der Waals surface area (Å²) in [6.07, 6.45) is 6.16. The van der Waals surface area contributed by atoms with E-state index in [-0.39, 0.29) is 0 Å². The van der Waals surface area contributed by atoms with Gasteiger partial charge in [0, 0.05) is 36.4 Å². The van der Waals surface area contributed by atoms with Crippen LogP contribution < -0.4 is 0 Å². The molecule has 1 atom stereocenters. The van der Waals surface area contributed by atoms with Gasteiger partial charge in [-0.2, -0.15) is 0 Å². The molecule has 1 unspecified atom stereocenters. The van der Waals surface area contributed by atoms with E-state index in [1.165, 1.54) is 24.9 Å². The zero-order chi connectivity index (χ0) is 12.4. The van der Waals surface area contributed by atoms with E-state index >= 15 is 0 Å². The summed E-state index contributed by atoms with van der Waals surface area (Å²) in [5.41, 5.74) is 2.92.